The van der Waals surface area contributed by atoms with E-state index in [1.54, 1.807) is 31.4 Å². The van der Waals surface area contributed by atoms with Crippen LogP contribution in [0.5, 0.6) is 5.75 Å². The fraction of sp³-hybridized carbons (Fsp3) is 0.235. The molecule has 0 aliphatic carbocycles. The van der Waals surface area contributed by atoms with Gasteiger partial charge in [-0.05, 0) is 30.2 Å². The van der Waals surface area contributed by atoms with Crippen LogP contribution in [0.1, 0.15) is 22.8 Å². The molecule has 0 saturated heterocycles. The summed E-state index contributed by atoms with van der Waals surface area (Å²) in [5.74, 6) is 0.183. The van der Waals surface area contributed by atoms with Gasteiger partial charge in [0, 0.05) is 6.54 Å². The third-order valence-corrected chi connectivity index (χ3v) is 3.21. The average Bonchev–Trinajstić information content (AvgIpc) is 2.52. The largest absolute Gasteiger partial charge is 0.497 e. The monoisotopic (exact) mass is 285 g/mol. The Balaban J connectivity index is 1.99. The number of carbonyl (C=O) groups excluding carboxylic acids is 1. The summed E-state index contributed by atoms with van der Waals surface area (Å²) in [6.45, 7) is 2.39. The molecule has 0 aliphatic rings. The molecule has 4 nitrogen and oxygen atoms in total. The second-order valence-electron chi connectivity index (χ2n) is 4.89. The molecular formula is C17H19NO3. The number of aryl methyl sites for hydroxylation is 1. The second-order valence-corrected chi connectivity index (χ2v) is 4.89. The summed E-state index contributed by atoms with van der Waals surface area (Å²) in [6, 6.07) is 14.7. The highest BCUT2D eigenvalue weighted by Crippen LogP contribution is 2.19. The molecule has 2 rings (SSSR count). The van der Waals surface area contributed by atoms with Crippen LogP contribution in [0.2, 0.25) is 0 Å². The van der Waals surface area contributed by atoms with Crippen molar-refractivity contribution < 1.29 is 14.6 Å². The number of aliphatic hydroxyl groups is 1. The molecule has 0 saturated carbocycles. The molecule has 0 fully saturated rings. The number of benzene rings is 2. The van der Waals surface area contributed by atoms with Crippen LogP contribution in [0.4, 0.5) is 0 Å². The third-order valence-electron chi connectivity index (χ3n) is 3.21. The molecule has 2 aromatic carbocycles. The zero-order chi connectivity index (χ0) is 15.2. The maximum Gasteiger partial charge on any atom is 0.253 e. The van der Waals surface area contributed by atoms with Gasteiger partial charge in [0.15, 0.2) is 6.10 Å². The lowest BCUT2D eigenvalue weighted by Crippen LogP contribution is -2.28. The fourth-order valence-corrected chi connectivity index (χ4v) is 2.07. The number of hydrogen-bond donors (Lipinski definition) is 2. The number of methoxy groups -OCH3 is 1. The first-order valence-corrected chi connectivity index (χ1v) is 6.75. The molecule has 0 radical (unpaired) electrons. The number of hydrogen-bond acceptors (Lipinski definition) is 3. The van der Waals surface area contributed by atoms with Gasteiger partial charge in [0.05, 0.1) is 7.11 Å². The van der Waals surface area contributed by atoms with Gasteiger partial charge >= 0.3 is 0 Å². The molecule has 1 amide bonds. The van der Waals surface area contributed by atoms with Crippen molar-refractivity contribution in [3.05, 3.63) is 65.2 Å². The average molecular weight is 285 g/mol. The first-order chi connectivity index (χ1) is 10.1. The maximum absolute atomic E-state index is 12.0. The molecule has 4 heteroatoms. The van der Waals surface area contributed by atoms with E-state index in [4.69, 9.17) is 4.74 Å². The van der Waals surface area contributed by atoms with Crippen LogP contribution in [-0.2, 0) is 11.3 Å². The topological polar surface area (TPSA) is 58.6 Å². The molecule has 1 unspecified atom stereocenters. The summed E-state index contributed by atoms with van der Waals surface area (Å²) in [7, 11) is 1.54. The summed E-state index contributed by atoms with van der Waals surface area (Å²) in [4.78, 5) is 12.0. The lowest BCUT2D eigenvalue weighted by molar-refractivity contribution is -0.129. The van der Waals surface area contributed by atoms with Gasteiger partial charge in [-0.3, -0.25) is 4.79 Å². The summed E-state index contributed by atoms with van der Waals surface area (Å²) < 4.78 is 5.08. The minimum Gasteiger partial charge on any atom is -0.497 e. The van der Waals surface area contributed by atoms with Crippen LogP contribution in [0.15, 0.2) is 48.5 Å². The first-order valence-electron chi connectivity index (χ1n) is 6.75. The zero-order valence-electron chi connectivity index (χ0n) is 12.2. The van der Waals surface area contributed by atoms with Crippen molar-refractivity contribution in [2.24, 2.45) is 0 Å². The van der Waals surface area contributed by atoms with E-state index in [0.717, 1.165) is 11.1 Å². The predicted molar refractivity (Wildman–Crippen MR) is 81.0 cm³/mol. The number of nitrogens with one attached hydrogen (secondary N) is 1. The van der Waals surface area contributed by atoms with Gasteiger partial charge in [0.25, 0.3) is 5.91 Å². The fourth-order valence-electron chi connectivity index (χ4n) is 2.07. The summed E-state index contributed by atoms with van der Waals surface area (Å²) in [6.07, 6.45) is -1.20. The smallest absolute Gasteiger partial charge is 0.253 e. The summed E-state index contributed by atoms with van der Waals surface area (Å²) in [5.41, 5.74) is 2.65. The Morgan fingerprint density at radius 1 is 1.24 bits per heavy atom. The highest BCUT2D eigenvalue weighted by Gasteiger charge is 2.17. The Morgan fingerprint density at radius 3 is 2.71 bits per heavy atom. The van der Waals surface area contributed by atoms with Gasteiger partial charge in [0.1, 0.15) is 5.75 Å². The van der Waals surface area contributed by atoms with Crippen LogP contribution in [0.25, 0.3) is 0 Å². The minimum atomic E-state index is -1.20. The van der Waals surface area contributed by atoms with Crippen molar-refractivity contribution in [1.29, 1.82) is 0 Å². The van der Waals surface area contributed by atoms with E-state index in [2.05, 4.69) is 5.32 Å². The van der Waals surface area contributed by atoms with Gasteiger partial charge in [0.2, 0.25) is 0 Å². The van der Waals surface area contributed by atoms with Crippen molar-refractivity contribution in [3.63, 3.8) is 0 Å². The predicted octanol–water partition coefficient (Wildman–Crippen LogP) is 2.35. The van der Waals surface area contributed by atoms with Crippen molar-refractivity contribution in [3.8, 4) is 5.75 Å². The molecule has 2 aromatic rings. The van der Waals surface area contributed by atoms with Gasteiger partial charge < -0.3 is 15.2 Å². The first kappa shape index (κ1) is 15.1. The standard InChI is InChI=1S/C17H19NO3/c1-12-5-3-6-13(9-12)11-18-17(20)16(19)14-7-4-8-15(10-14)21-2/h3-10,16,19H,11H2,1-2H3,(H,18,20). The highest BCUT2D eigenvalue weighted by molar-refractivity contribution is 5.82. The van der Waals surface area contributed by atoms with Crippen LogP contribution in [0, 0.1) is 6.92 Å². The maximum atomic E-state index is 12.0. The molecule has 0 aromatic heterocycles. The molecule has 0 aliphatic heterocycles. The van der Waals surface area contributed by atoms with Crippen LogP contribution in [0.3, 0.4) is 0 Å². The normalized spacial score (nSPS) is 11.8. The lowest BCUT2D eigenvalue weighted by atomic mass is 10.1. The van der Waals surface area contributed by atoms with E-state index < -0.39 is 12.0 Å². The van der Waals surface area contributed by atoms with Gasteiger partial charge in [-0.1, -0.05) is 42.0 Å². The van der Waals surface area contributed by atoms with Gasteiger partial charge in [-0.15, -0.1) is 0 Å². The molecule has 0 spiro atoms. The van der Waals surface area contributed by atoms with E-state index >= 15 is 0 Å². The Morgan fingerprint density at radius 2 is 2.00 bits per heavy atom. The summed E-state index contributed by atoms with van der Waals surface area (Å²) in [5, 5.41) is 12.8. The quantitative estimate of drug-likeness (QED) is 0.886. The van der Waals surface area contributed by atoms with Crippen LogP contribution >= 0.6 is 0 Å². The molecule has 2 N–H and O–H groups in total. The number of carbonyl (C=O) groups is 1. The van der Waals surface area contributed by atoms with E-state index in [0.29, 0.717) is 17.9 Å². The molecular weight excluding hydrogens is 266 g/mol. The zero-order valence-corrected chi connectivity index (χ0v) is 12.2. The second kappa shape index (κ2) is 6.90. The summed E-state index contributed by atoms with van der Waals surface area (Å²) >= 11 is 0. The Hall–Kier alpha value is -2.33. The lowest BCUT2D eigenvalue weighted by Gasteiger charge is -2.13. The molecule has 0 heterocycles. The van der Waals surface area contributed by atoms with Gasteiger partial charge in [-0.25, -0.2) is 0 Å². The molecule has 1 atom stereocenters. The minimum absolute atomic E-state index is 0.390. The number of rotatable bonds is 5. The van der Waals surface area contributed by atoms with E-state index in [-0.39, 0.29) is 0 Å². The number of aliphatic hydroxyl groups excluding tert-OH is 1. The van der Waals surface area contributed by atoms with Crippen molar-refractivity contribution >= 4 is 5.91 Å². The van der Waals surface area contributed by atoms with Crippen molar-refractivity contribution in [2.75, 3.05) is 7.11 Å². The Kier molecular flexibility index (Phi) is 4.95. The van der Waals surface area contributed by atoms with Crippen LogP contribution < -0.4 is 10.1 Å². The van der Waals surface area contributed by atoms with Crippen molar-refractivity contribution in [2.45, 2.75) is 19.6 Å². The van der Waals surface area contributed by atoms with Crippen LogP contribution in [-0.4, -0.2) is 18.1 Å². The highest BCUT2D eigenvalue weighted by atomic mass is 16.5. The molecule has 110 valence electrons. The Labute approximate surface area is 124 Å². The SMILES string of the molecule is COc1cccc(C(O)C(=O)NCc2cccc(C)c2)c1. The van der Waals surface area contributed by atoms with Crippen molar-refractivity contribution in [1.82, 2.24) is 5.32 Å². The van der Waals surface area contributed by atoms with E-state index in [9.17, 15) is 9.90 Å². The molecule has 21 heavy (non-hydrogen) atoms. The Bertz CT molecular complexity index is 625. The number of ether oxygens (including phenoxy) is 1. The van der Waals surface area contributed by atoms with Gasteiger partial charge in [-0.2, -0.15) is 0 Å². The third kappa shape index (κ3) is 4.07. The number of amides is 1. The van der Waals surface area contributed by atoms with E-state index in [1.807, 2.05) is 31.2 Å². The van der Waals surface area contributed by atoms with E-state index in [1.165, 1.54) is 0 Å². The molecule has 0 bridgehead atoms.